The van der Waals surface area contributed by atoms with Gasteiger partial charge in [-0.15, -0.1) is 11.6 Å². The zero-order chi connectivity index (χ0) is 31.3. The molecule has 0 amide bonds. The van der Waals surface area contributed by atoms with E-state index in [9.17, 15) is 9.59 Å². The fourth-order valence-corrected chi connectivity index (χ4v) is 4.88. The molecule has 16 heteroatoms. The summed E-state index contributed by atoms with van der Waals surface area (Å²) in [7, 11) is 0.0573. The van der Waals surface area contributed by atoms with E-state index in [1.54, 1.807) is 20.8 Å². The maximum absolute atomic E-state index is 10.8. The monoisotopic (exact) mass is 882 g/mol. The van der Waals surface area contributed by atoms with Crippen molar-refractivity contribution in [2.45, 2.75) is 129 Å². The van der Waals surface area contributed by atoms with Crippen molar-refractivity contribution >= 4 is 140 Å². The van der Waals surface area contributed by atoms with Crippen molar-refractivity contribution in [3.63, 3.8) is 0 Å². The minimum Gasteiger partial charge on any atom is -1.00 e. The second-order valence-electron chi connectivity index (χ2n) is 12.0. The molecule has 0 aliphatic rings. The van der Waals surface area contributed by atoms with Crippen LogP contribution in [0.4, 0.5) is 0 Å². The summed E-state index contributed by atoms with van der Waals surface area (Å²) >= 11 is 7.67. The number of carbonyl (C=O) groups is 2. The molecule has 0 aromatic carbocycles. The molecule has 6 nitrogen and oxygen atoms in total. The van der Waals surface area contributed by atoms with Crippen molar-refractivity contribution in [1.82, 2.24) is 0 Å². The molecule has 0 atom stereocenters. The first-order valence-corrected chi connectivity index (χ1v) is 20.8. The third-order valence-corrected chi connectivity index (χ3v) is 8.08. The maximum atomic E-state index is 10.8. The third-order valence-electron chi connectivity index (χ3n) is 2.97. The third kappa shape index (κ3) is 87.5. The van der Waals surface area contributed by atoms with E-state index in [1.165, 1.54) is 0 Å². The fraction of sp³-hybridized carbons (Fsp3) is 0.793. The molecule has 0 rings (SSSR count). The Kier molecular flexibility index (Phi) is 91.0. The molecule has 45 heavy (non-hydrogen) atoms. The van der Waals surface area contributed by atoms with E-state index in [1.807, 2.05) is 91.3 Å². The topological polar surface area (TPSA) is 71.1 Å². The summed E-state index contributed by atoms with van der Waals surface area (Å²) in [5, 5.41) is 0. The van der Waals surface area contributed by atoms with Crippen molar-refractivity contribution in [2.24, 2.45) is 10.8 Å². The number of halogens is 4. The Balaban J connectivity index is -0.0000000253. The van der Waals surface area contributed by atoms with E-state index in [0.717, 1.165) is 0 Å². The van der Waals surface area contributed by atoms with Crippen molar-refractivity contribution < 1.29 is 52.7 Å². The first-order chi connectivity index (χ1) is 16.3. The van der Waals surface area contributed by atoms with Crippen LogP contribution in [0.3, 0.4) is 0 Å². The standard InChI is InChI=1S/C6H15ClOSi.C6H11IO2.C6H11O2.C6H15OSi.C3H7.CH4.CH3.BH.2ClH.3Mg/c1-6(2)8-9(3,4)5-7;1-6(2,3)5(8)9-4-7;1-6(2,3)5(7)8-4;1-6(2)7-8(3,4)5;1-3-2;;;;;;;;/h6H,5H2,1-4H3;4H2,1-3H3;4H2,1-3H3;6H,3H2,1-2,4-5H3;3H,1-2H3;1H4;1H3;3*1H;;;/q;;3*-1;;-1;;;;3*+2/p-2. The van der Waals surface area contributed by atoms with Crippen molar-refractivity contribution in [1.29, 1.82) is 0 Å². The molecule has 0 aliphatic heterocycles. The summed E-state index contributed by atoms with van der Waals surface area (Å²) in [6.07, 6.45) is 2.67. The van der Waals surface area contributed by atoms with Crippen LogP contribution in [0.5, 0.6) is 0 Å². The van der Waals surface area contributed by atoms with Gasteiger partial charge in [-0.05, 0) is 105 Å². The van der Waals surface area contributed by atoms with Gasteiger partial charge in [-0.3, -0.25) is 9.59 Å². The largest absolute Gasteiger partial charge is 2.00 e. The molecule has 0 unspecified atom stereocenters. The van der Waals surface area contributed by atoms with Crippen LogP contribution < -0.4 is 24.8 Å². The molecule has 0 aromatic heterocycles. The smallest absolute Gasteiger partial charge is 1.00 e. The molecule has 0 aliphatic carbocycles. The number of ether oxygens (including phenoxy) is 2. The average Bonchev–Trinajstić information content (AvgIpc) is 2.65. The summed E-state index contributed by atoms with van der Waals surface area (Å²) in [4.78, 5) is 21.4. The van der Waals surface area contributed by atoms with Gasteiger partial charge in [0.1, 0.15) is 4.61 Å². The summed E-state index contributed by atoms with van der Waals surface area (Å²) in [5.41, 5.74) is -0.0852. The van der Waals surface area contributed by atoms with Gasteiger partial charge in [-0.25, -0.2) is 0 Å². The predicted octanol–water partition coefficient (Wildman–Crippen LogP) is 2.25. The number of rotatable bonds is 6. The minimum atomic E-state index is -1.47. The minimum absolute atomic E-state index is 0. The van der Waals surface area contributed by atoms with Crippen LogP contribution in [0.15, 0.2) is 0 Å². The number of esters is 2. The van der Waals surface area contributed by atoms with Crippen LogP contribution in [0.2, 0.25) is 26.2 Å². The number of hydrogen-bond donors (Lipinski definition) is 0. The van der Waals surface area contributed by atoms with Crippen LogP contribution >= 0.6 is 34.2 Å². The summed E-state index contributed by atoms with van der Waals surface area (Å²) < 4.78 is 20.5. The van der Waals surface area contributed by atoms with E-state index in [0.29, 0.717) is 22.3 Å². The van der Waals surface area contributed by atoms with E-state index >= 15 is 0 Å². The van der Waals surface area contributed by atoms with Gasteiger partial charge >= 0.3 is 75.1 Å². The van der Waals surface area contributed by atoms with Crippen LogP contribution in [0.25, 0.3) is 0 Å². The van der Waals surface area contributed by atoms with Gasteiger partial charge in [-0.1, -0.05) is 20.5 Å². The van der Waals surface area contributed by atoms with Gasteiger partial charge in [-0.2, -0.15) is 21.0 Å². The van der Waals surface area contributed by atoms with Crippen molar-refractivity contribution in [3.05, 3.63) is 27.5 Å². The summed E-state index contributed by atoms with van der Waals surface area (Å²) in [6, 6.07) is 0. The molecule has 0 aromatic rings. The molecule has 0 N–H and O–H groups in total. The molecule has 0 bridgehead atoms. The fourth-order valence-electron chi connectivity index (χ4n) is 1.79. The molecule has 0 spiro atoms. The van der Waals surface area contributed by atoms with Crippen molar-refractivity contribution in [2.75, 3.05) is 10.1 Å². The van der Waals surface area contributed by atoms with Gasteiger partial charge in [0.05, 0.1) is 10.8 Å². The maximum Gasteiger partial charge on any atom is 2.00 e. The van der Waals surface area contributed by atoms with Gasteiger partial charge in [0.15, 0.2) is 0 Å². The Labute approximate surface area is 366 Å². The molecular weight excluding hydrogens is 817 g/mol. The normalized spacial score (nSPS) is 9.38. The molecule has 0 saturated carbocycles. The first kappa shape index (κ1) is 86.7. The zero-order valence-corrected chi connectivity index (χ0v) is 42.0. The van der Waals surface area contributed by atoms with E-state index in [4.69, 9.17) is 25.2 Å². The quantitative estimate of drug-likeness (QED) is 0.134. The second-order valence-corrected chi connectivity index (χ2v) is 21.2. The molecule has 0 saturated heterocycles. The number of alkyl halides is 2. The van der Waals surface area contributed by atoms with Crippen LogP contribution in [-0.2, 0) is 27.9 Å². The summed E-state index contributed by atoms with van der Waals surface area (Å²) in [5.74, 6) is -0.422. The van der Waals surface area contributed by atoms with Gasteiger partial charge < -0.3 is 63.5 Å². The molecule has 0 fully saturated rings. The van der Waals surface area contributed by atoms with Gasteiger partial charge in [0, 0.05) is 34.4 Å². The predicted molar refractivity (Wildman–Crippen MR) is 212 cm³/mol. The molecule has 0 heterocycles. The van der Waals surface area contributed by atoms with E-state index in [-0.39, 0.29) is 135 Å². The van der Waals surface area contributed by atoms with Crippen molar-refractivity contribution in [3.8, 4) is 0 Å². The second kappa shape index (κ2) is 47.3. The number of hydrogen-bond acceptors (Lipinski definition) is 6. The summed E-state index contributed by atoms with van der Waals surface area (Å²) in [6.45, 7) is 35.4. The number of carbonyl (C=O) groups excluding carboxylic acids is 2. The molecule has 2 radical (unpaired) electrons. The SMILES string of the molecule is C.CC(C)(C)C(=O)OCI.CC(C)O[Si](C)(C)CCl.C[CH-]C.[BH].[CH2-]OC(=O)C(C)(C)C.[CH2-][Si](C)(C)OC(C)C.[CH3-].[Cl-].[Cl-].[Mg+2].[Mg+2].[Mg+2]. The molecule has 264 valence electrons. The van der Waals surface area contributed by atoms with E-state index < -0.39 is 22.0 Å². The van der Waals surface area contributed by atoms with E-state index in [2.05, 4.69) is 44.6 Å². The Morgan fingerprint density at radius 3 is 1.13 bits per heavy atom. The van der Waals surface area contributed by atoms with Crippen LogP contribution in [0, 0.1) is 38.3 Å². The Bertz CT molecular complexity index is 585. The Morgan fingerprint density at radius 1 is 0.822 bits per heavy atom. The van der Waals surface area contributed by atoms with Crippen LogP contribution in [-0.4, -0.2) is 128 Å². The van der Waals surface area contributed by atoms with Crippen LogP contribution in [0.1, 0.15) is 90.5 Å². The van der Waals surface area contributed by atoms with Gasteiger partial charge in [0.25, 0.3) is 5.97 Å². The molecular formula is C29H67BCl3IMg3O6Si2. The van der Waals surface area contributed by atoms with Gasteiger partial charge in [0.2, 0.25) is 8.32 Å². The Morgan fingerprint density at radius 2 is 1.09 bits per heavy atom. The Hall–Kier alpha value is 3.26. The first-order valence-electron chi connectivity index (χ1n) is 12.5. The average molecular weight is 885 g/mol. The zero-order valence-electron chi connectivity index (χ0n) is 31.4.